The molecule has 1 atom stereocenters. The molecule has 1 amide bonds. The minimum absolute atomic E-state index is 0.0510. The molecular weight excluding hydrogens is 264 g/mol. The number of rotatable bonds is 3. The second-order valence-electron chi connectivity index (χ2n) is 5.90. The number of nitrogens with one attached hydrogen (secondary N) is 2. The lowest BCUT2D eigenvalue weighted by molar-refractivity contribution is -0.144. The fourth-order valence-corrected chi connectivity index (χ4v) is 1.86. The number of hydrogen-bond acceptors (Lipinski definition) is 5. The molecule has 0 saturated carbocycles. The topological polar surface area (TPSA) is 117 Å². The molecule has 0 spiro atoms. The Morgan fingerprint density at radius 3 is 2.60 bits per heavy atom. The summed E-state index contributed by atoms with van der Waals surface area (Å²) in [5, 5.41) is 18.2. The molecule has 110 valence electrons. The van der Waals surface area contributed by atoms with Gasteiger partial charge in [-0.2, -0.15) is 0 Å². The number of H-pyrrole nitrogens is 1. The van der Waals surface area contributed by atoms with Crippen LogP contribution in [-0.2, 0) is 14.9 Å². The highest BCUT2D eigenvalue weighted by molar-refractivity contribution is 5.95. The highest BCUT2D eigenvalue weighted by atomic mass is 16.5. The van der Waals surface area contributed by atoms with Crippen molar-refractivity contribution in [3.63, 3.8) is 0 Å². The molecule has 1 aliphatic heterocycles. The largest absolute Gasteiger partial charge is 0.479 e. The van der Waals surface area contributed by atoms with Gasteiger partial charge < -0.3 is 15.2 Å². The van der Waals surface area contributed by atoms with Gasteiger partial charge in [0.15, 0.2) is 5.54 Å². The van der Waals surface area contributed by atoms with Crippen molar-refractivity contribution in [2.24, 2.45) is 0 Å². The molecule has 1 saturated heterocycles. The Kier molecular flexibility index (Phi) is 3.51. The van der Waals surface area contributed by atoms with E-state index in [0.717, 1.165) is 0 Å². The van der Waals surface area contributed by atoms with Gasteiger partial charge in [0.05, 0.1) is 6.61 Å². The van der Waals surface area contributed by atoms with Gasteiger partial charge in [-0.15, -0.1) is 5.10 Å². The lowest BCUT2D eigenvalue weighted by Gasteiger charge is -2.22. The quantitative estimate of drug-likeness (QED) is 0.722. The van der Waals surface area contributed by atoms with Crippen molar-refractivity contribution in [3.05, 3.63) is 11.6 Å². The van der Waals surface area contributed by atoms with Crippen molar-refractivity contribution in [1.82, 2.24) is 20.5 Å². The first-order chi connectivity index (χ1) is 9.24. The average Bonchev–Trinajstić information content (AvgIpc) is 2.96. The van der Waals surface area contributed by atoms with Gasteiger partial charge in [-0.3, -0.25) is 9.89 Å². The lowest BCUT2D eigenvalue weighted by atomic mass is 9.96. The van der Waals surface area contributed by atoms with E-state index in [2.05, 4.69) is 20.5 Å². The molecule has 8 heteroatoms. The van der Waals surface area contributed by atoms with E-state index in [9.17, 15) is 14.7 Å². The molecule has 0 aliphatic carbocycles. The van der Waals surface area contributed by atoms with Crippen molar-refractivity contribution in [2.45, 2.75) is 38.1 Å². The van der Waals surface area contributed by atoms with Crippen molar-refractivity contribution in [3.8, 4) is 0 Å². The minimum Gasteiger partial charge on any atom is -0.479 e. The number of carboxylic acid groups (broad SMARTS) is 1. The van der Waals surface area contributed by atoms with E-state index in [0.29, 0.717) is 12.4 Å². The molecule has 0 radical (unpaired) electrons. The number of aromatic amines is 1. The lowest BCUT2D eigenvalue weighted by Crippen LogP contribution is -2.55. The first kappa shape index (κ1) is 14.4. The Hall–Kier alpha value is -1.96. The molecule has 0 bridgehead atoms. The van der Waals surface area contributed by atoms with E-state index in [4.69, 9.17) is 4.74 Å². The predicted molar refractivity (Wildman–Crippen MR) is 68.4 cm³/mol. The Morgan fingerprint density at radius 2 is 2.15 bits per heavy atom. The van der Waals surface area contributed by atoms with Crippen LogP contribution in [0.1, 0.15) is 43.6 Å². The summed E-state index contributed by atoms with van der Waals surface area (Å²) in [6.45, 7) is 6.04. The molecule has 2 rings (SSSR count). The zero-order chi connectivity index (χ0) is 15.0. The smallest absolute Gasteiger partial charge is 0.331 e. The second-order valence-corrected chi connectivity index (χ2v) is 5.90. The maximum Gasteiger partial charge on any atom is 0.331 e. The van der Waals surface area contributed by atoms with Gasteiger partial charge in [-0.25, -0.2) is 9.78 Å². The van der Waals surface area contributed by atoms with Crippen molar-refractivity contribution >= 4 is 11.9 Å². The van der Waals surface area contributed by atoms with E-state index in [-0.39, 0.29) is 24.3 Å². The Balaban J connectivity index is 2.16. The van der Waals surface area contributed by atoms with Crippen molar-refractivity contribution < 1.29 is 19.4 Å². The van der Waals surface area contributed by atoms with Crippen LogP contribution in [0, 0.1) is 0 Å². The molecule has 1 aromatic rings. The normalized spacial score (nSPS) is 22.8. The summed E-state index contributed by atoms with van der Waals surface area (Å²) >= 11 is 0. The highest BCUT2D eigenvalue weighted by Gasteiger charge is 2.44. The number of carboxylic acids is 1. The summed E-state index contributed by atoms with van der Waals surface area (Å²) in [7, 11) is 0. The molecular formula is C12H18N4O4. The van der Waals surface area contributed by atoms with Crippen LogP contribution in [0.4, 0.5) is 0 Å². The predicted octanol–water partition coefficient (Wildman–Crippen LogP) is 0.0757. The van der Waals surface area contributed by atoms with Crippen molar-refractivity contribution in [2.75, 3.05) is 13.2 Å². The zero-order valence-corrected chi connectivity index (χ0v) is 11.7. The third kappa shape index (κ3) is 2.64. The van der Waals surface area contributed by atoms with Gasteiger partial charge in [0.1, 0.15) is 5.82 Å². The highest BCUT2D eigenvalue weighted by Crippen LogP contribution is 2.20. The van der Waals surface area contributed by atoms with E-state index in [1.165, 1.54) is 0 Å². The summed E-state index contributed by atoms with van der Waals surface area (Å²) in [4.78, 5) is 27.5. The average molecular weight is 282 g/mol. The van der Waals surface area contributed by atoms with Crippen molar-refractivity contribution in [1.29, 1.82) is 0 Å². The first-order valence-electron chi connectivity index (χ1n) is 6.31. The third-order valence-electron chi connectivity index (χ3n) is 3.18. The number of nitrogens with zero attached hydrogens (tertiary/aromatic N) is 2. The molecule has 1 aliphatic rings. The SMILES string of the molecule is CC(C)(C)c1nc(C(=O)NC2(C(=O)O)CCOC2)n[nH]1. The number of aromatic nitrogens is 3. The van der Waals surface area contributed by atoms with Gasteiger partial charge in [0.25, 0.3) is 5.91 Å². The summed E-state index contributed by atoms with van der Waals surface area (Å²) in [5.41, 5.74) is -1.66. The molecule has 1 fully saturated rings. The van der Waals surface area contributed by atoms with Crippen LogP contribution in [0.25, 0.3) is 0 Å². The van der Waals surface area contributed by atoms with Crippen LogP contribution in [0.15, 0.2) is 0 Å². The summed E-state index contributed by atoms with van der Waals surface area (Å²) in [6, 6.07) is 0. The number of amides is 1. The van der Waals surface area contributed by atoms with Gasteiger partial charge in [-0.1, -0.05) is 20.8 Å². The maximum atomic E-state index is 12.1. The first-order valence-corrected chi connectivity index (χ1v) is 6.31. The minimum atomic E-state index is -1.39. The molecule has 0 aromatic carbocycles. The van der Waals surface area contributed by atoms with E-state index >= 15 is 0 Å². The monoisotopic (exact) mass is 282 g/mol. The molecule has 8 nitrogen and oxygen atoms in total. The molecule has 1 unspecified atom stereocenters. The molecule has 2 heterocycles. The molecule has 20 heavy (non-hydrogen) atoms. The second kappa shape index (κ2) is 4.86. The van der Waals surface area contributed by atoms with E-state index < -0.39 is 17.4 Å². The number of aliphatic carboxylic acids is 1. The van der Waals surface area contributed by atoms with Crippen LogP contribution >= 0.6 is 0 Å². The number of hydrogen-bond donors (Lipinski definition) is 3. The maximum absolute atomic E-state index is 12.1. The van der Waals surface area contributed by atoms with Crippen LogP contribution in [0.3, 0.4) is 0 Å². The zero-order valence-electron chi connectivity index (χ0n) is 11.7. The third-order valence-corrected chi connectivity index (χ3v) is 3.18. The fraction of sp³-hybridized carbons (Fsp3) is 0.667. The molecule has 3 N–H and O–H groups in total. The molecule has 1 aromatic heterocycles. The Morgan fingerprint density at radius 1 is 1.45 bits per heavy atom. The van der Waals surface area contributed by atoms with Crippen LogP contribution in [-0.4, -0.2) is 50.9 Å². The number of ether oxygens (including phenoxy) is 1. The van der Waals surface area contributed by atoms with Gasteiger partial charge >= 0.3 is 5.97 Å². The van der Waals surface area contributed by atoms with Crippen LogP contribution < -0.4 is 5.32 Å². The standard InChI is InChI=1S/C12H18N4O4/c1-11(2,3)9-13-7(15-16-9)8(17)14-12(10(18)19)4-5-20-6-12/h4-6H2,1-3H3,(H,14,17)(H,18,19)(H,13,15,16). The summed E-state index contributed by atoms with van der Waals surface area (Å²) in [6.07, 6.45) is 0.227. The Bertz CT molecular complexity index is 526. The Labute approximate surface area is 115 Å². The number of carbonyl (C=O) groups is 2. The van der Waals surface area contributed by atoms with E-state index in [1.54, 1.807) is 0 Å². The van der Waals surface area contributed by atoms with Crippen LogP contribution in [0.2, 0.25) is 0 Å². The fourth-order valence-electron chi connectivity index (χ4n) is 1.86. The summed E-state index contributed by atoms with van der Waals surface area (Å²) in [5.74, 6) is -1.24. The van der Waals surface area contributed by atoms with Gasteiger partial charge in [0.2, 0.25) is 5.82 Å². The van der Waals surface area contributed by atoms with Crippen LogP contribution in [0.5, 0.6) is 0 Å². The summed E-state index contributed by atoms with van der Waals surface area (Å²) < 4.78 is 5.07. The van der Waals surface area contributed by atoms with Gasteiger partial charge in [0, 0.05) is 18.4 Å². The van der Waals surface area contributed by atoms with Gasteiger partial charge in [-0.05, 0) is 0 Å². The number of carbonyl (C=O) groups excluding carboxylic acids is 1. The van der Waals surface area contributed by atoms with E-state index in [1.807, 2.05) is 20.8 Å².